The van der Waals surface area contributed by atoms with Crippen LogP contribution in [0.3, 0.4) is 0 Å². The molecule has 0 radical (unpaired) electrons. The zero-order chi connectivity index (χ0) is 49.6. The molecular weight excluding hydrogens is 873 g/mol. The topological polar surface area (TPSA) is 235 Å². The smallest absolute Gasteiger partial charge is 0.346 e. The fourth-order valence-electron chi connectivity index (χ4n) is 12.5. The van der Waals surface area contributed by atoms with Crippen LogP contribution in [-0.4, -0.2) is 111 Å². The Morgan fingerprint density at radius 2 is 1.62 bits per heavy atom. The van der Waals surface area contributed by atoms with Crippen molar-refractivity contribution in [3.63, 3.8) is 0 Å². The van der Waals surface area contributed by atoms with E-state index in [0.717, 1.165) is 16.3 Å². The Morgan fingerprint density at radius 1 is 0.912 bits per heavy atom. The largest absolute Gasteiger partial charge is 0.455 e. The molecule has 7 rings (SSSR count). The Hall–Kier alpha value is -5.74. The maximum Gasteiger partial charge on any atom is 0.346 e. The number of aliphatic hydroxyl groups excluding tert-OH is 2. The van der Waals surface area contributed by atoms with Gasteiger partial charge in [-0.2, -0.15) is 0 Å². The summed E-state index contributed by atoms with van der Waals surface area (Å²) in [5.74, 6) is -6.94. The summed E-state index contributed by atoms with van der Waals surface area (Å²) in [5, 5.41) is 33.9. The highest BCUT2D eigenvalue weighted by Crippen LogP contribution is 2.69. The first kappa shape index (κ1) is 50.1. The minimum Gasteiger partial charge on any atom is -0.455 e. The highest BCUT2D eigenvalue weighted by Gasteiger charge is 2.71. The summed E-state index contributed by atoms with van der Waals surface area (Å²) in [6, 6.07) is 8.22. The lowest BCUT2D eigenvalue weighted by atomic mass is 9.44. The molecule has 0 aromatic heterocycles. The average molecular weight is 939 g/mol. The third kappa shape index (κ3) is 9.01. The molecule has 4 aliphatic carbocycles. The molecular formula is C52H66N4O12. The highest BCUT2D eigenvalue weighted by atomic mass is 16.6. The molecule has 4 fully saturated rings. The Kier molecular flexibility index (Phi) is 14.3. The molecule has 68 heavy (non-hydrogen) atoms. The first-order valence-corrected chi connectivity index (χ1v) is 24.1. The molecule has 13 atom stereocenters. The van der Waals surface area contributed by atoms with E-state index < -0.39 is 100 Å². The predicted octanol–water partition coefficient (Wildman–Crippen LogP) is 4.24. The van der Waals surface area contributed by atoms with Gasteiger partial charge in [-0.25, -0.2) is 9.59 Å². The number of hydrogen-bond acceptors (Lipinski definition) is 12. The van der Waals surface area contributed by atoms with Crippen molar-refractivity contribution in [1.82, 2.24) is 20.9 Å². The second-order valence-electron chi connectivity index (χ2n) is 20.5. The van der Waals surface area contributed by atoms with Crippen LogP contribution in [0.15, 0.2) is 66.3 Å². The molecule has 1 saturated heterocycles. The second kappa shape index (κ2) is 19.3. The zero-order valence-electron chi connectivity index (χ0n) is 40.2. The molecule has 4 amide bonds. The molecule has 16 heteroatoms. The third-order valence-corrected chi connectivity index (χ3v) is 16.0. The van der Waals surface area contributed by atoms with Crippen LogP contribution in [0, 0.1) is 40.4 Å². The molecule has 5 aliphatic rings. The number of likely N-dealkylation sites (tertiary alicyclic amines) is 1. The van der Waals surface area contributed by atoms with Crippen LogP contribution in [-0.2, 0) is 43.0 Å². The third-order valence-electron chi connectivity index (χ3n) is 16.0. The molecule has 1 heterocycles. The van der Waals surface area contributed by atoms with Gasteiger partial charge in [-0.05, 0) is 111 Å². The van der Waals surface area contributed by atoms with Gasteiger partial charge in [0.05, 0.1) is 6.10 Å². The number of nitrogens with zero attached hydrogens (tertiary/aromatic N) is 1. The van der Waals surface area contributed by atoms with Crippen molar-refractivity contribution >= 4 is 58.1 Å². The van der Waals surface area contributed by atoms with Crippen molar-refractivity contribution in [1.29, 1.82) is 0 Å². The summed E-state index contributed by atoms with van der Waals surface area (Å²) in [6.45, 7) is 13.9. The first-order valence-electron chi connectivity index (χ1n) is 24.1. The van der Waals surface area contributed by atoms with Crippen molar-refractivity contribution in [2.75, 3.05) is 6.54 Å². The Labute approximate surface area is 397 Å². The number of hydrogen-bond donors (Lipinski definition) is 5. The molecule has 0 spiro atoms. The number of benzene rings is 2. The maximum atomic E-state index is 14.1. The molecule has 16 nitrogen and oxygen atoms in total. The summed E-state index contributed by atoms with van der Waals surface area (Å²) in [7, 11) is 0. The van der Waals surface area contributed by atoms with Crippen LogP contribution >= 0.6 is 0 Å². The quantitative estimate of drug-likeness (QED) is 0.140. The molecule has 1 aliphatic heterocycles. The molecule has 366 valence electrons. The molecule has 3 saturated carbocycles. The summed E-state index contributed by atoms with van der Waals surface area (Å²) in [5.41, 5.74) is -2.31. The highest BCUT2D eigenvalue weighted by molar-refractivity contribution is 6.02. The number of aliphatic hydroxyl groups is 2. The van der Waals surface area contributed by atoms with Crippen LogP contribution in [0.25, 0.3) is 10.8 Å². The monoisotopic (exact) mass is 938 g/mol. The fourth-order valence-corrected chi connectivity index (χ4v) is 12.5. The van der Waals surface area contributed by atoms with E-state index in [0.29, 0.717) is 24.8 Å². The van der Waals surface area contributed by atoms with Gasteiger partial charge in [-0.3, -0.25) is 28.8 Å². The molecule has 0 bridgehead atoms. The number of carbonyl (C=O) groups excluding carboxylic acids is 8. The molecule has 2 aromatic carbocycles. The lowest BCUT2D eigenvalue weighted by molar-refractivity contribution is -0.227. The van der Waals surface area contributed by atoms with Gasteiger partial charge in [0.15, 0.2) is 17.5 Å². The van der Waals surface area contributed by atoms with Crippen LogP contribution < -0.4 is 16.0 Å². The van der Waals surface area contributed by atoms with Gasteiger partial charge < -0.3 is 40.5 Å². The summed E-state index contributed by atoms with van der Waals surface area (Å²) >= 11 is 0. The normalized spacial score (nSPS) is 31.2. The van der Waals surface area contributed by atoms with Gasteiger partial charge >= 0.3 is 17.9 Å². The SMILES string of the molecule is CCC(=O)O[C@]1(C(O)C(=O)OC(=O)[C@@H](NC(=O)[C@H]2CCCN2C(=O)[C@H](C)NC(=O)[C@H](C)NC(=O)c2ccc3ccccc3c2)C(C)C)CC[C@H]2[C@@H]3CC(C)C4=CC(=O)C=C[C@]4(C)[C@H]3C(O)C[C@@]21C. The van der Waals surface area contributed by atoms with Gasteiger partial charge in [-0.15, -0.1) is 0 Å². The number of allylic oxidation sites excluding steroid dienone is 4. The van der Waals surface area contributed by atoms with Crippen molar-refractivity contribution in [2.45, 2.75) is 142 Å². The number of rotatable bonds is 13. The van der Waals surface area contributed by atoms with Crippen LogP contribution in [0.2, 0.25) is 0 Å². The van der Waals surface area contributed by atoms with E-state index in [2.05, 4.69) is 22.9 Å². The number of ketones is 1. The fraction of sp³-hybridized carbons (Fsp3) is 0.577. The molecule has 3 unspecified atom stereocenters. The van der Waals surface area contributed by atoms with Crippen molar-refractivity contribution in [2.24, 2.45) is 40.4 Å². The van der Waals surface area contributed by atoms with Crippen LogP contribution in [0.1, 0.15) is 111 Å². The average Bonchev–Trinajstić information content (AvgIpc) is 3.90. The van der Waals surface area contributed by atoms with Gasteiger partial charge in [0.25, 0.3) is 5.91 Å². The van der Waals surface area contributed by atoms with Crippen LogP contribution in [0.4, 0.5) is 0 Å². The minimum atomic E-state index is -2.14. The Morgan fingerprint density at radius 3 is 2.31 bits per heavy atom. The van der Waals surface area contributed by atoms with E-state index in [9.17, 15) is 48.6 Å². The van der Waals surface area contributed by atoms with E-state index in [1.54, 1.807) is 39.0 Å². The number of amides is 4. The summed E-state index contributed by atoms with van der Waals surface area (Å²) in [6.07, 6.45) is 3.77. The summed E-state index contributed by atoms with van der Waals surface area (Å²) < 4.78 is 11.5. The van der Waals surface area contributed by atoms with Crippen LogP contribution in [0.5, 0.6) is 0 Å². The second-order valence-corrected chi connectivity index (χ2v) is 20.5. The lowest BCUT2D eigenvalue weighted by Crippen LogP contribution is -2.65. The van der Waals surface area contributed by atoms with Gasteiger partial charge in [0.2, 0.25) is 17.7 Å². The van der Waals surface area contributed by atoms with Crippen molar-refractivity contribution < 1.29 is 58.0 Å². The number of esters is 3. The molecule has 5 N–H and O–H groups in total. The number of nitrogens with one attached hydrogen (secondary N) is 3. The standard InChI is InChI=1S/C52H66N4O12/c1-9-40(59)68-52(21-19-36-35-23-28(4)37-25-34(57)18-20-50(37,7)41(35)39(58)26-51(36,52)8)43(60)49(66)67-48(65)42(27(2)3)55-46(63)38-15-12-22-56(38)47(64)30(6)54-44(61)29(5)53-45(62)33-17-16-31-13-10-11-14-32(31)24-33/h10-11,13-14,16-18,20,24-25,27-30,35-36,38-39,41-43,58,60H,9,12,15,19,21-23,26H2,1-8H3,(H,53,62)(H,54,61)(H,55,63)/t28?,29-,30-,35-,36-,38+,39?,41+,42-,43?,50-,51-,52-/m0/s1. The zero-order valence-corrected chi connectivity index (χ0v) is 40.2. The number of carbonyl (C=O) groups is 8. The Balaban J connectivity index is 1.00. The maximum absolute atomic E-state index is 14.1. The summed E-state index contributed by atoms with van der Waals surface area (Å²) in [4.78, 5) is 109. The van der Waals surface area contributed by atoms with Gasteiger partial charge in [-0.1, -0.05) is 83.5 Å². The first-order chi connectivity index (χ1) is 32.1. The minimum absolute atomic E-state index is 0.00998. The van der Waals surface area contributed by atoms with Gasteiger partial charge in [0, 0.05) is 35.3 Å². The van der Waals surface area contributed by atoms with E-state index in [-0.39, 0.29) is 61.7 Å². The van der Waals surface area contributed by atoms with E-state index in [4.69, 9.17) is 9.47 Å². The predicted molar refractivity (Wildman–Crippen MR) is 249 cm³/mol. The van der Waals surface area contributed by atoms with Gasteiger partial charge in [0.1, 0.15) is 24.2 Å². The van der Waals surface area contributed by atoms with E-state index in [1.807, 2.05) is 50.3 Å². The molecule has 2 aromatic rings. The lowest BCUT2D eigenvalue weighted by Gasteiger charge is -2.61. The van der Waals surface area contributed by atoms with E-state index >= 15 is 0 Å². The number of fused-ring (bicyclic) bond motifs is 6. The number of ether oxygens (including phenoxy) is 2. The Bertz CT molecular complexity index is 2450. The van der Waals surface area contributed by atoms with Crippen molar-refractivity contribution in [3.05, 3.63) is 71.8 Å². The van der Waals surface area contributed by atoms with Crippen molar-refractivity contribution in [3.8, 4) is 0 Å². The van der Waals surface area contributed by atoms with E-state index in [1.165, 1.54) is 24.8 Å².